The van der Waals surface area contributed by atoms with Gasteiger partial charge < -0.3 is 11.5 Å². The number of thioether (sulfide) groups is 1. The topological polar surface area (TPSA) is 105 Å². The summed E-state index contributed by atoms with van der Waals surface area (Å²) < 4.78 is 0. The monoisotopic (exact) mass is 272 g/mol. The van der Waals surface area contributed by atoms with E-state index >= 15 is 0 Å². The molecule has 4 N–H and O–H groups in total. The lowest BCUT2D eigenvalue weighted by molar-refractivity contribution is 0.100. The van der Waals surface area contributed by atoms with Gasteiger partial charge in [-0.1, -0.05) is 12.1 Å². The number of carbonyl (C=O) groups is 1. The lowest BCUT2D eigenvalue weighted by Gasteiger charge is -2.04. The van der Waals surface area contributed by atoms with E-state index < -0.39 is 5.91 Å². The Bertz CT molecular complexity index is 624. The van der Waals surface area contributed by atoms with Crippen molar-refractivity contribution in [2.45, 2.75) is 0 Å². The average molecular weight is 272 g/mol. The first kappa shape index (κ1) is 13.2. The van der Waals surface area contributed by atoms with E-state index in [4.69, 9.17) is 16.7 Å². The van der Waals surface area contributed by atoms with Crippen LogP contribution in [-0.4, -0.2) is 23.4 Å². The van der Waals surface area contributed by atoms with Gasteiger partial charge in [-0.15, -0.1) is 0 Å². The fourth-order valence-corrected chi connectivity index (χ4v) is 2.90. The summed E-state index contributed by atoms with van der Waals surface area (Å²) in [6.45, 7) is 0. The molecule has 0 aliphatic carbocycles. The molecule has 0 aromatic heterocycles. The second-order valence-electron chi connectivity index (χ2n) is 3.98. The third-order valence-electron chi connectivity index (χ3n) is 2.68. The molecule has 1 aromatic rings. The number of nitrogens with zero attached hydrogens (tertiary/aromatic N) is 2. The highest BCUT2D eigenvalue weighted by molar-refractivity contribution is 8.00. The highest BCUT2D eigenvalue weighted by Gasteiger charge is 2.17. The average Bonchev–Trinajstić information content (AvgIpc) is 2.86. The number of benzene rings is 1. The molecule has 6 heteroatoms. The Morgan fingerprint density at radius 2 is 2.16 bits per heavy atom. The van der Waals surface area contributed by atoms with Crippen LogP contribution in [0.1, 0.15) is 15.9 Å². The van der Waals surface area contributed by atoms with E-state index in [1.165, 1.54) is 0 Å². The third-order valence-corrected chi connectivity index (χ3v) is 3.67. The Morgan fingerprint density at radius 1 is 1.37 bits per heavy atom. The highest BCUT2D eigenvalue weighted by Crippen LogP contribution is 2.32. The first-order chi connectivity index (χ1) is 9.11. The number of aliphatic imine (C=N–C) groups is 1. The van der Waals surface area contributed by atoms with E-state index in [1.807, 2.05) is 6.07 Å². The van der Waals surface area contributed by atoms with Crippen molar-refractivity contribution in [1.29, 1.82) is 5.26 Å². The van der Waals surface area contributed by atoms with Crippen LogP contribution in [0.5, 0.6) is 0 Å². The van der Waals surface area contributed by atoms with Gasteiger partial charge in [0, 0.05) is 22.6 Å². The molecule has 0 radical (unpaired) electrons. The predicted molar refractivity (Wildman–Crippen MR) is 76.4 cm³/mol. The molecule has 1 amide bonds. The van der Waals surface area contributed by atoms with Gasteiger partial charge in [0.2, 0.25) is 0 Å². The van der Waals surface area contributed by atoms with Gasteiger partial charge in [-0.25, -0.2) is 0 Å². The van der Waals surface area contributed by atoms with Gasteiger partial charge in [0.15, 0.2) is 5.96 Å². The molecule has 0 saturated carbocycles. The van der Waals surface area contributed by atoms with Crippen LogP contribution in [0.25, 0.3) is 5.57 Å². The molecule has 1 aliphatic heterocycles. The van der Waals surface area contributed by atoms with Gasteiger partial charge in [0.05, 0.1) is 6.07 Å². The normalized spacial score (nSPS) is 14.1. The number of hydrogen-bond donors (Lipinski definition) is 2. The first-order valence-corrected chi connectivity index (χ1v) is 6.71. The Kier molecular flexibility index (Phi) is 3.88. The molecule has 96 valence electrons. The number of hydrogen-bond acceptors (Lipinski definition) is 3. The van der Waals surface area contributed by atoms with Gasteiger partial charge in [-0.2, -0.15) is 22.0 Å². The van der Waals surface area contributed by atoms with E-state index in [0.717, 1.165) is 28.2 Å². The van der Waals surface area contributed by atoms with Crippen molar-refractivity contribution in [2.24, 2.45) is 16.5 Å². The standard InChI is InChI=1S/C13H12N4OS/c14-5-10-6-19-7-11(10)8-2-1-3-9(4-8)12(18)17-13(15)16/h1-4H,6-7H2,(H4,15,16,17,18). The minimum absolute atomic E-state index is 0.260. The molecule has 2 rings (SSSR count). The molecule has 0 saturated heterocycles. The molecular weight excluding hydrogens is 260 g/mol. The smallest absolute Gasteiger partial charge is 0.280 e. The summed E-state index contributed by atoms with van der Waals surface area (Å²) in [5, 5.41) is 9.05. The lowest BCUT2D eigenvalue weighted by Crippen LogP contribution is -2.24. The van der Waals surface area contributed by atoms with Gasteiger partial charge in [0.1, 0.15) is 0 Å². The molecule has 0 spiro atoms. The summed E-state index contributed by atoms with van der Waals surface area (Å²) in [4.78, 5) is 15.2. The van der Waals surface area contributed by atoms with Crippen LogP contribution in [0.2, 0.25) is 0 Å². The van der Waals surface area contributed by atoms with Crippen molar-refractivity contribution in [2.75, 3.05) is 11.5 Å². The Morgan fingerprint density at radius 3 is 2.84 bits per heavy atom. The molecule has 1 heterocycles. The van der Waals surface area contributed by atoms with E-state index in [-0.39, 0.29) is 5.96 Å². The summed E-state index contributed by atoms with van der Waals surface area (Å²) in [7, 11) is 0. The molecule has 1 aliphatic rings. The van der Waals surface area contributed by atoms with Crippen molar-refractivity contribution in [1.82, 2.24) is 0 Å². The van der Waals surface area contributed by atoms with Crippen LogP contribution >= 0.6 is 11.8 Å². The van der Waals surface area contributed by atoms with Gasteiger partial charge >= 0.3 is 0 Å². The predicted octanol–water partition coefficient (Wildman–Crippen LogP) is 1.12. The lowest BCUT2D eigenvalue weighted by atomic mass is 10.0. The Labute approximate surface area is 115 Å². The van der Waals surface area contributed by atoms with Crippen LogP contribution in [-0.2, 0) is 0 Å². The largest absolute Gasteiger partial charge is 0.370 e. The second-order valence-corrected chi connectivity index (χ2v) is 4.97. The summed E-state index contributed by atoms with van der Waals surface area (Å²) in [6, 6.07) is 9.20. The molecule has 19 heavy (non-hydrogen) atoms. The van der Waals surface area contributed by atoms with Crippen molar-refractivity contribution in [3.8, 4) is 6.07 Å². The Balaban J connectivity index is 2.38. The van der Waals surface area contributed by atoms with Crippen LogP contribution < -0.4 is 11.5 Å². The van der Waals surface area contributed by atoms with Crippen LogP contribution in [0, 0.1) is 11.3 Å². The number of nitriles is 1. The fourth-order valence-electron chi connectivity index (χ4n) is 1.81. The van der Waals surface area contributed by atoms with E-state index in [2.05, 4.69) is 11.1 Å². The van der Waals surface area contributed by atoms with Gasteiger partial charge in [0.25, 0.3) is 5.91 Å². The van der Waals surface area contributed by atoms with Gasteiger partial charge in [-0.3, -0.25) is 4.79 Å². The molecule has 0 fully saturated rings. The summed E-state index contributed by atoms with van der Waals surface area (Å²) in [6.07, 6.45) is 0. The number of rotatable bonds is 2. The van der Waals surface area contributed by atoms with Crippen LogP contribution in [0.3, 0.4) is 0 Å². The van der Waals surface area contributed by atoms with Crippen molar-refractivity contribution >= 4 is 29.2 Å². The Hall–Kier alpha value is -2.26. The molecule has 1 aromatic carbocycles. The van der Waals surface area contributed by atoms with Crippen molar-refractivity contribution in [3.05, 3.63) is 41.0 Å². The van der Waals surface area contributed by atoms with Crippen LogP contribution in [0.15, 0.2) is 34.8 Å². The molecule has 0 unspecified atom stereocenters. The first-order valence-electron chi connectivity index (χ1n) is 5.56. The molecule has 0 bridgehead atoms. The van der Waals surface area contributed by atoms with E-state index in [0.29, 0.717) is 5.56 Å². The van der Waals surface area contributed by atoms with E-state index in [1.54, 1.807) is 30.0 Å². The minimum atomic E-state index is -0.480. The highest BCUT2D eigenvalue weighted by atomic mass is 32.2. The second kappa shape index (κ2) is 5.59. The molecular formula is C13H12N4OS. The summed E-state index contributed by atoms with van der Waals surface area (Å²) in [5.41, 5.74) is 13.4. The number of guanidine groups is 1. The minimum Gasteiger partial charge on any atom is -0.370 e. The quantitative estimate of drug-likeness (QED) is 0.620. The maximum Gasteiger partial charge on any atom is 0.280 e. The maximum absolute atomic E-state index is 11.7. The SMILES string of the molecule is N#CC1=C(c2cccc(C(=O)N=C(N)N)c2)CSC1. The summed E-state index contributed by atoms with van der Waals surface area (Å²) >= 11 is 1.69. The zero-order valence-electron chi connectivity index (χ0n) is 10.1. The molecule has 0 atom stereocenters. The van der Waals surface area contributed by atoms with Crippen molar-refractivity contribution in [3.63, 3.8) is 0 Å². The molecule has 5 nitrogen and oxygen atoms in total. The number of carbonyl (C=O) groups excluding carboxylic acids is 1. The maximum atomic E-state index is 11.7. The number of nitrogens with two attached hydrogens (primary N) is 2. The zero-order valence-corrected chi connectivity index (χ0v) is 10.9. The van der Waals surface area contributed by atoms with Crippen molar-refractivity contribution < 1.29 is 4.79 Å². The fraction of sp³-hybridized carbons (Fsp3) is 0.154. The van der Waals surface area contributed by atoms with Crippen LogP contribution in [0.4, 0.5) is 0 Å². The summed E-state index contributed by atoms with van der Waals surface area (Å²) in [5.74, 6) is 0.760. The third kappa shape index (κ3) is 2.95. The van der Waals surface area contributed by atoms with E-state index in [9.17, 15) is 4.79 Å². The van der Waals surface area contributed by atoms with Gasteiger partial charge in [-0.05, 0) is 23.3 Å². The number of amides is 1. The zero-order chi connectivity index (χ0) is 13.8.